The number of hydrogen-bond acceptors (Lipinski definition) is 3. The Labute approximate surface area is 200 Å². The van der Waals surface area contributed by atoms with Crippen LogP contribution in [0.4, 0.5) is 5.69 Å². The fourth-order valence-electron chi connectivity index (χ4n) is 5.71. The van der Waals surface area contributed by atoms with Gasteiger partial charge in [-0.3, -0.25) is 0 Å². The summed E-state index contributed by atoms with van der Waals surface area (Å²) >= 11 is 0. The van der Waals surface area contributed by atoms with Crippen LogP contribution in [-0.4, -0.2) is 17.3 Å². The predicted molar refractivity (Wildman–Crippen MR) is 137 cm³/mol. The third kappa shape index (κ3) is 7.11. The zero-order valence-corrected chi connectivity index (χ0v) is 19.9. The molecule has 3 atom stereocenters. The minimum Gasteiger partial charge on any atom is -0.495 e. The zero-order chi connectivity index (χ0) is 22.7. The summed E-state index contributed by atoms with van der Waals surface area (Å²) < 4.78 is 6.37. The second-order valence-corrected chi connectivity index (χ2v) is 9.97. The highest BCUT2D eigenvalue weighted by molar-refractivity contribution is 5.45. The quantitative estimate of drug-likeness (QED) is 0.368. The summed E-state index contributed by atoms with van der Waals surface area (Å²) in [6.45, 7) is 0. The van der Waals surface area contributed by atoms with E-state index >= 15 is 0 Å². The SMILES string of the molecule is O[C@H](C1CCCCC1)[C@H](O/C=C/C[C@H](Nc1ccccc1)c1ccccc1)C1CCCCC1. The van der Waals surface area contributed by atoms with Crippen molar-refractivity contribution in [1.82, 2.24) is 0 Å². The van der Waals surface area contributed by atoms with Crippen molar-refractivity contribution in [2.45, 2.75) is 88.9 Å². The molecule has 33 heavy (non-hydrogen) atoms. The third-order valence-electron chi connectivity index (χ3n) is 7.60. The summed E-state index contributed by atoms with van der Waals surface area (Å²) in [5, 5.41) is 15.0. The molecule has 2 aromatic carbocycles. The van der Waals surface area contributed by atoms with Gasteiger partial charge >= 0.3 is 0 Å². The highest BCUT2D eigenvalue weighted by Crippen LogP contribution is 2.35. The number of anilines is 1. The van der Waals surface area contributed by atoms with Crippen molar-refractivity contribution in [2.75, 3.05) is 5.32 Å². The molecule has 2 aliphatic carbocycles. The van der Waals surface area contributed by atoms with Crippen LogP contribution in [0.2, 0.25) is 0 Å². The molecule has 0 amide bonds. The van der Waals surface area contributed by atoms with E-state index < -0.39 is 0 Å². The molecule has 2 saturated carbocycles. The maximum atomic E-state index is 11.3. The number of aliphatic hydroxyl groups is 1. The first-order chi connectivity index (χ1) is 16.3. The van der Waals surface area contributed by atoms with E-state index in [-0.39, 0.29) is 18.2 Å². The van der Waals surface area contributed by atoms with Crippen LogP contribution in [0.3, 0.4) is 0 Å². The summed E-state index contributed by atoms with van der Waals surface area (Å²) in [4.78, 5) is 0. The molecule has 3 heteroatoms. The molecule has 178 valence electrons. The van der Waals surface area contributed by atoms with Gasteiger partial charge in [0.25, 0.3) is 0 Å². The van der Waals surface area contributed by atoms with Crippen LogP contribution in [0.25, 0.3) is 0 Å². The Kier molecular flexibility index (Phi) is 9.29. The lowest BCUT2D eigenvalue weighted by Gasteiger charge is -2.37. The molecular formula is C30H41NO2. The molecule has 0 bridgehead atoms. The first kappa shape index (κ1) is 23.9. The summed E-state index contributed by atoms with van der Waals surface area (Å²) in [6.07, 6.45) is 16.8. The Morgan fingerprint density at radius 2 is 1.36 bits per heavy atom. The molecule has 3 nitrogen and oxygen atoms in total. The van der Waals surface area contributed by atoms with Gasteiger partial charge in [0, 0.05) is 5.69 Å². The Hall–Kier alpha value is -2.26. The van der Waals surface area contributed by atoms with Crippen LogP contribution in [0.5, 0.6) is 0 Å². The molecule has 0 radical (unpaired) electrons. The lowest BCUT2D eigenvalue weighted by molar-refractivity contribution is -0.0690. The molecule has 0 unspecified atom stereocenters. The Balaban J connectivity index is 1.41. The molecule has 2 N–H and O–H groups in total. The van der Waals surface area contributed by atoms with Gasteiger partial charge in [0.15, 0.2) is 0 Å². The van der Waals surface area contributed by atoms with Gasteiger partial charge in [-0.25, -0.2) is 0 Å². The molecule has 0 heterocycles. The molecular weight excluding hydrogens is 406 g/mol. The standard InChI is InChI=1S/C30H41NO2/c32-29(25-16-7-2-8-17-25)30(26-18-9-3-10-19-26)33-23-13-22-28(24-14-5-1-6-15-24)31-27-20-11-4-12-21-27/h1,4-6,11-15,20-21,23,25-26,28-32H,2-3,7-10,16-19,22H2/b23-13+/t28-,29+,30+/m0/s1. The number of rotatable bonds is 10. The lowest BCUT2D eigenvalue weighted by Crippen LogP contribution is -2.41. The van der Waals surface area contributed by atoms with Gasteiger partial charge in [0.1, 0.15) is 6.10 Å². The van der Waals surface area contributed by atoms with E-state index in [9.17, 15) is 5.11 Å². The molecule has 2 aliphatic rings. The smallest absolute Gasteiger partial charge is 0.127 e. The van der Waals surface area contributed by atoms with Crippen molar-refractivity contribution in [3.05, 3.63) is 78.6 Å². The molecule has 4 rings (SSSR count). The number of benzene rings is 2. The number of hydrogen-bond donors (Lipinski definition) is 2. The minimum absolute atomic E-state index is 0.0677. The van der Waals surface area contributed by atoms with E-state index in [2.05, 4.69) is 66.0 Å². The van der Waals surface area contributed by atoms with Crippen LogP contribution in [-0.2, 0) is 4.74 Å². The number of para-hydroxylation sites is 1. The van der Waals surface area contributed by atoms with Gasteiger partial charge < -0.3 is 15.2 Å². The van der Waals surface area contributed by atoms with Crippen LogP contribution >= 0.6 is 0 Å². The fourth-order valence-corrected chi connectivity index (χ4v) is 5.71. The molecule has 2 fully saturated rings. The average Bonchev–Trinajstić information content (AvgIpc) is 2.90. The van der Waals surface area contributed by atoms with E-state index in [1.807, 2.05) is 12.3 Å². The number of ether oxygens (including phenoxy) is 1. The molecule has 2 aromatic rings. The van der Waals surface area contributed by atoms with E-state index in [4.69, 9.17) is 4.74 Å². The second kappa shape index (κ2) is 12.8. The normalized spacial score (nSPS) is 20.9. The second-order valence-electron chi connectivity index (χ2n) is 9.97. The maximum Gasteiger partial charge on any atom is 0.127 e. The van der Waals surface area contributed by atoms with Crippen molar-refractivity contribution >= 4 is 5.69 Å². The van der Waals surface area contributed by atoms with Crippen molar-refractivity contribution < 1.29 is 9.84 Å². The van der Waals surface area contributed by atoms with Crippen LogP contribution < -0.4 is 5.32 Å². The van der Waals surface area contributed by atoms with Gasteiger partial charge in [-0.2, -0.15) is 0 Å². The van der Waals surface area contributed by atoms with Crippen molar-refractivity contribution in [3.63, 3.8) is 0 Å². The van der Waals surface area contributed by atoms with Gasteiger partial charge in [-0.05, 0) is 67.7 Å². The van der Waals surface area contributed by atoms with E-state index in [1.54, 1.807) is 0 Å². The van der Waals surface area contributed by atoms with Crippen molar-refractivity contribution in [3.8, 4) is 0 Å². The van der Waals surface area contributed by atoms with E-state index in [0.29, 0.717) is 11.8 Å². The first-order valence-corrected chi connectivity index (χ1v) is 13.2. The molecule has 0 aromatic heterocycles. The summed E-state index contributed by atoms with van der Waals surface area (Å²) in [7, 11) is 0. The van der Waals surface area contributed by atoms with E-state index in [1.165, 1.54) is 56.9 Å². The highest BCUT2D eigenvalue weighted by Gasteiger charge is 2.35. The minimum atomic E-state index is -0.342. The van der Waals surface area contributed by atoms with Crippen LogP contribution in [0.1, 0.15) is 82.2 Å². The maximum absolute atomic E-state index is 11.3. The largest absolute Gasteiger partial charge is 0.495 e. The van der Waals surface area contributed by atoms with Gasteiger partial charge in [-0.15, -0.1) is 0 Å². The Morgan fingerprint density at radius 3 is 2.00 bits per heavy atom. The third-order valence-corrected chi connectivity index (χ3v) is 7.60. The molecule has 0 spiro atoms. The number of nitrogens with one attached hydrogen (secondary N) is 1. The topological polar surface area (TPSA) is 41.5 Å². The predicted octanol–water partition coefficient (Wildman–Crippen LogP) is 7.65. The van der Waals surface area contributed by atoms with E-state index in [0.717, 1.165) is 24.9 Å². The van der Waals surface area contributed by atoms with Crippen molar-refractivity contribution in [1.29, 1.82) is 0 Å². The fraction of sp³-hybridized carbons (Fsp3) is 0.533. The Morgan fingerprint density at radius 1 is 0.788 bits per heavy atom. The summed E-state index contributed by atoms with van der Waals surface area (Å²) in [5.41, 5.74) is 2.38. The van der Waals surface area contributed by atoms with Gasteiger partial charge in [-0.1, -0.05) is 87.1 Å². The van der Waals surface area contributed by atoms with Crippen LogP contribution in [0, 0.1) is 11.8 Å². The number of aliphatic hydroxyl groups excluding tert-OH is 1. The lowest BCUT2D eigenvalue weighted by atomic mass is 9.76. The summed E-state index contributed by atoms with van der Waals surface area (Å²) in [6, 6.07) is 21.1. The Bertz CT molecular complexity index is 810. The molecule has 0 aliphatic heterocycles. The van der Waals surface area contributed by atoms with Gasteiger partial charge in [0.2, 0.25) is 0 Å². The van der Waals surface area contributed by atoms with Crippen LogP contribution in [0.15, 0.2) is 73.0 Å². The van der Waals surface area contributed by atoms with Crippen molar-refractivity contribution in [2.24, 2.45) is 11.8 Å². The monoisotopic (exact) mass is 447 g/mol. The van der Waals surface area contributed by atoms with Gasteiger partial charge in [0.05, 0.1) is 18.4 Å². The molecule has 0 saturated heterocycles. The highest BCUT2D eigenvalue weighted by atomic mass is 16.5. The zero-order valence-electron chi connectivity index (χ0n) is 19.9. The average molecular weight is 448 g/mol. The summed E-state index contributed by atoms with van der Waals surface area (Å²) in [5.74, 6) is 0.878. The first-order valence-electron chi connectivity index (χ1n) is 13.2.